The van der Waals surface area contributed by atoms with Crippen LogP contribution in [-0.2, 0) is 0 Å². The Labute approximate surface area is 93.8 Å². The Hall–Kier alpha value is -1.42. The largest absolute Gasteiger partial charge is 0.399 e. The molecule has 15 heavy (non-hydrogen) atoms. The molecule has 1 aromatic rings. The molecule has 0 radical (unpaired) electrons. The maximum Gasteiger partial charge on any atom is 0.250 e. The first-order chi connectivity index (χ1) is 6.97. The lowest BCUT2D eigenvalue weighted by Crippen LogP contribution is -2.22. The zero-order chi connectivity index (χ0) is 11.6. The van der Waals surface area contributed by atoms with Crippen LogP contribution in [0, 0.1) is 0 Å². The van der Waals surface area contributed by atoms with Crippen molar-refractivity contribution >= 4 is 28.9 Å². The van der Waals surface area contributed by atoms with Gasteiger partial charge in [0.25, 0.3) is 5.91 Å². The number of nitrogens with two attached hydrogens (primary N) is 2. The number of benzene rings is 1. The Morgan fingerprint density at radius 3 is 2.60 bits per heavy atom. The Balaban J connectivity index is 3.39. The number of primary amides is 1. The number of carbonyl (C=O) groups is 1. The van der Waals surface area contributed by atoms with E-state index in [4.69, 9.17) is 23.1 Å². The predicted molar refractivity (Wildman–Crippen MR) is 63.3 cm³/mol. The van der Waals surface area contributed by atoms with E-state index in [0.717, 1.165) is 6.54 Å². The van der Waals surface area contributed by atoms with Gasteiger partial charge in [-0.2, -0.15) is 0 Å². The summed E-state index contributed by atoms with van der Waals surface area (Å²) in [6.45, 7) is 2.68. The molecule has 1 amide bonds. The molecule has 0 saturated heterocycles. The van der Waals surface area contributed by atoms with Crippen molar-refractivity contribution in [3.8, 4) is 0 Å². The molecular weight excluding hydrogens is 214 g/mol. The number of anilines is 2. The van der Waals surface area contributed by atoms with Crippen molar-refractivity contribution in [3.63, 3.8) is 0 Å². The van der Waals surface area contributed by atoms with Crippen molar-refractivity contribution in [1.29, 1.82) is 0 Å². The molecule has 1 rings (SSSR count). The van der Waals surface area contributed by atoms with Gasteiger partial charge >= 0.3 is 0 Å². The van der Waals surface area contributed by atoms with Crippen LogP contribution in [0.1, 0.15) is 17.3 Å². The number of carbonyl (C=O) groups excluding carboxylic acids is 1. The topological polar surface area (TPSA) is 72.3 Å². The molecule has 5 heteroatoms. The van der Waals surface area contributed by atoms with E-state index in [-0.39, 0.29) is 0 Å². The van der Waals surface area contributed by atoms with Gasteiger partial charge in [0.15, 0.2) is 0 Å². The molecule has 0 spiro atoms. The zero-order valence-electron chi connectivity index (χ0n) is 8.75. The fraction of sp³-hybridized carbons (Fsp3) is 0.300. The second-order valence-electron chi connectivity index (χ2n) is 3.28. The molecule has 0 aromatic heterocycles. The van der Waals surface area contributed by atoms with Gasteiger partial charge in [0.05, 0.1) is 16.3 Å². The molecule has 0 aliphatic heterocycles. The summed E-state index contributed by atoms with van der Waals surface area (Å²) >= 11 is 6.02. The van der Waals surface area contributed by atoms with Crippen molar-refractivity contribution in [3.05, 3.63) is 22.7 Å². The van der Waals surface area contributed by atoms with Crippen LogP contribution >= 0.6 is 11.6 Å². The highest BCUT2D eigenvalue weighted by molar-refractivity contribution is 6.34. The normalized spacial score (nSPS) is 10.1. The van der Waals surface area contributed by atoms with Gasteiger partial charge in [0, 0.05) is 19.3 Å². The molecule has 4 N–H and O–H groups in total. The summed E-state index contributed by atoms with van der Waals surface area (Å²) in [7, 11) is 1.84. The Bertz CT molecular complexity index is 392. The highest BCUT2D eigenvalue weighted by Gasteiger charge is 2.15. The third-order valence-electron chi connectivity index (χ3n) is 2.21. The van der Waals surface area contributed by atoms with Gasteiger partial charge in [0.1, 0.15) is 0 Å². The smallest absolute Gasteiger partial charge is 0.250 e. The van der Waals surface area contributed by atoms with Gasteiger partial charge in [-0.05, 0) is 19.1 Å². The molecule has 0 heterocycles. The molecule has 0 unspecified atom stereocenters. The van der Waals surface area contributed by atoms with E-state index in [2.05, 4.69) is 0 Å². The standard InChI is InChI=1S/C10H14ClN3O/c1-3-14(2)9-7(10(13)15)4-6(12)5-8(9)11/h4-5H,3,12H2,1-2H3,(H2,13,15). The van der Waals surface area contributed by atoms with E-state index >= 15 is 0 Å². The molecule has 0 saturated carbocycles. The lowest BCUT2D eigenvalue weighted by Gasteiger charge is -2.21. The Morgan fingerprint density at radius 2 is 2.13 bits per heavy atom. The first kappa shape index (κ1) is 11.7. The maximum atomic E-state index is 11.2. The van der Waals surface area contributed by atoms with Crippen LogP contribution in [0.3, 0.4) is 0 Å². The van der Waals surface area contributed by atoms with Gasteiger partial charge in [-0.25, -0.2) is 0 Å². The average Bonchev–Trinajstić information content (AvgIpc) is 2.15. The number of hydrogen-bond donors (Lipinski definition) is 2. The number of rotatable bonds is 3. The highest BCUT2D eigenvalue weighted by Crippen LogP contribution is 2.31. The first-order valence-corrected chi connectivity index (χ1v) is 4.95. The summed E-state index contributed by atoms with van der Waals surface area (Å²) in [6, 6.07) is 3.14. The second-order valence-corrected chi connectivity index (χ2v) is 3.68. The number of amides is 1. The van der Waals surface area contributed by atoms with Crippen LogP contribution in [0.2, 0.25) is 5.02 Å². The molecule has 0 fully saturated rings. The average molecular weight is 228 g/mol. The number of halogens is 1. The fourth-order valence-corrected chi connectivity index (χ4v) is 1.73. The highest BCUT2D eigenvalue weighted by atomic mass is 35.5. The van der Waals surface area contributed by atoms with Gasteiger partial charge in [-0.3, -0.25) is 4.79 Å². The molecule has 1 aromatic carbocycles. The third-order valence-corrected chi connectivity index (χ3v) is 2.50. The fourth-order valence-electron chi connectivity index (χ4n) is 1.35. The number of nitrogens with zero attached hydrogens (tertiary/aromatic N) is 1. The molecule has 4 nitrogen and oxygen atoms in total. The van der Waals surface area contributed by atoms with Crippen LogP contribution in [0.15, 0.2) is 12.1 Å². The van der Waals surface area contributed by atoms with Crippen LogP contribution in [0.5, 0.6) is 0 Å². The van der Waals surface area contributed by atoms with Crippen molar-refractivity contribution in [2.75, 3.05) is 24.2 Å². The molecule has 82 valence electrons. The van der Waals surface area contributed by atoms with Crippen LogP contribution in [-0.4, -0.2) is 19.5 Å². The summed E-state index contributed by atoms with van der Waals surface area (Å²) in [5.74, 6) is -0.528. The minimum absolute atomic E-state index is 0.351. The molecule has 0 bridgehead atoms. The number of hydrogen-bond acceptors (Lipinski definition) is 3. The Kier molecular flexibility index (Phi) is 3.42. The van der Waals surface area contributed by atoms with Crippen molar-refractivity contribution < 1.29 is 4.79 Å². The lowest BCUT2D eigenvalue weighted by molar-refractivity contribution is 0.100. The predicted octanol–water partition coefficient (Wildman–Crippen LogP) is 1.48. The van der Waals surface area contributed by atoms with E-state index in [0.29, 0.717) is 22.0 Å². The minimum Gasteiger partial charge on any atom is -0.399 e. The van der Waals surface area contributed by atoms with Gasteiger partial charge in [-0.1, -0.05) is 11.6 Å². The summed E-state index contributed by atoms with van der Waals surface area (Å²) < 4.78 is 0. The Morgan fingerprint density at radius 1 is 1.53 bits per heavy atom. The molecule has 0 aliphatic rings. The van der Waals surface area contributed by atoms with E-state index in [9.17, 15) is 4.79 Å². The van der Waals surface area contributed by atoms with Gasteiger partial charge < -0.3 is 16.4 Å². The van der Waals surface area contributed by atoms with Crippen LogP contribution in [0.4, 0.5) is 11.4 Å². The summed E-state index contributed by atoms with van der Waals surface area (Å²) in [5, 5.41) is 0.438. The summed E-state index contributed by atoms with van der Waals surface area (Å²) in [5.41, 5.74) is 12.3. The van der Waals surface area contributed by atoms with Gasteiger partial charge in [-0.15, -0.1) is 0 Å². The SMILES string of the molecule is CCN(C)c1c(Cl)cc(N)cc1C(N)=O. The van der Waals surface area contributed by atoms with Crippen molar-refractivity contribution in [2.24, 2.45) is 5.73 Å². The first-order valence-electron chi connectivity index (χ1n) is 4.57. The molecular formula is C10H14ClN3O. The molecule has 0 atom stereocenters. The summed E-state index contributed by atoms with van der Waals surface area (Å²) in [6.07, 6.45) is 0. The summed E-state index contributed by atoms with van der Waals surface area (Å²) in [4.78, 5) is 13.1. The van der Waals surface area contributed by atoms with E-state index in [1.807, 2.05) is 18.9 Å². The van der Waals surface area contributed by atoms with E-state index in [1.54, 1.807) is 6.07 Å². The monoisotopic (exact) mass is 227 g/mol. The van der Waals surface area contributed by atoms with Crippen LogP contribution in [0.25, 0.3) is 0 Å². The van der Waals surface area contributed by atoms with Gasteiger partial charge in [0.2, 0.25) is 0 Å². The second kappa shape index (κ2) is 4.40. The lowest BCUT2D eigenvalue weighted by atomic mass is 10.1. The quantitative estimate of drug-likeness (QED) is 0.769. The van der Waals surface area contributed by atoms with Crippen molar-refractivity contribution in [2.45, 2.75) is 6.92 Å². The number of nitrogen functional groups attached to an aromatic ring is 1. The third kappa shape index (κ3) is 2.33. The zero-order valence-corrected chi connectivity index (χ0v) is 9.51. The van der Waals surface area contributed by atoms with Crippen molar-refractivity contribution in [1.82, 2.24) is 0 Å². The van der Waals surface area contributed by atoms with Crippen LogP contribution < -0.4 is 16.4 Å². The maximum absolute atomic E-state index is 11.2. The minimum atomic E-state index is -0.528. The molecule has 0 aliphatic carbocycles. The van der Waals surface area contributed by atoms with E-state index in [1.165, 1.54) is 6.07 Å². The van der Waals surface area contributed by atoms with E-state index < -0.39 is 5.91 Å².